The molecule has 0 atom stereocenters. The topological polar surface area (TPSA) is 49.8 Å². The molecule has 1 aliphatic heterocycles. The molecule has 134 valence electrons. The summed E-state index contributed by atoms with van der Waals surface area (Å²) in [5, 5.41) is 8.97. The van der Waals surface area contributed by atoms with E-state index < -0.39 is 17.3 Å². The molecule has 0 aliphatic carbocycles. The third-order valence-electron chi connectivity index (χ3n) is 3.90. The van der Waals surface area contributed by atoms with Crippen LogP contribution < -0.4 is 9.64 Å². The molecule has 0 saturated carbocycles. The zero-order chi connectivity index (χ0) is 17.3. The van der Waals surface area contributed by atoms with Crippen molar-refractivity contribution in [3.8, 4) is 5.75 Å². The van der Waals surface area contributed by atoms with Crippen molar-refractivity contribution >= 4 is 36.8 Å². The van der Waals surface area contributed by atoms with Gasteiger partial charge in [-0.1, -0.05) is 23.7 Å². The molecule has 0 saturated heterocycles. The Hall–Kier alpha value is -1.99. The van der Waals surface area contributed by atoms with Gasteiger partial charge in [-0.2, -0.15) is 13.5 Å². The molecule has 1 heterocycles. The van der Waals surface area contributed by atoms with Crippen LogP contribution in [0.15, 0.2) is 30.3 Å². The first kappa shape index (κ1) is 19.3. The van der Waals surface area contributed by atoms with Crippen LogP contribution >= 0.6 is 25.1 Å². The molecule has 2 aromatic rings. The summed E-state index contributed by atoms with van der Waals surface area (Å²) in [6, 6.07) is 7.53. The predicted octanol–water partition coefficient (Wildman–Crippen LogP) is 3.87. The van der Waals surface area contributed by atoms with Crippen LogP contribution in [0.5, 0.6) is 5.75 Å². The van der Waals surface area contributed by atoms with Crippen molar-refractivity contribution in [1.82, 2.24) is 0 Å². The highest BCUT2D eigenvalue weighted by atomic mass is 35.5. The minimum absolute atomic E-state index is 0. The summed E-state index contributed by atoms with van der Waals surface area (Å²) >= 11 is 5.83. The minimum atomic E-state index is -1.42. The smallest absolute Gasteiger partial charge is 0.342 e. The van der Waals surface area contributed by atoms with Crippen LogP contribution in [0.25, 0.3) is 0 Å². The summed E-state index contributed by atoms with van der Waals surface area (Å²) in [6.45, 7) is 1.32. The molecular formula is C17H16ClF2NO3S. The molecule has 0 fully saturated rings. The summed E-state index contributed by atoms with van der Waals surface area (Å²) in [5.41, 5.74) is 0.840. The van der Waals surface area contributed by atoms with Crippen LogP contribution in [0.3, 0.4) is 0 Å². The van der Waals surface area contributed by atoms with Crippen molar-refractivity contribution in [2.24, 2.45) is 0 Å². The second-order valence-corrected chi connectivity index (χ2v) is 5.82. The number of halogens is 3. The number of hydrogen-bond donors (Lipinski definition) is 1. The molecule has 0 spiro atoms. The Morgan fingerprint density at radius 2 is 1.96 bits per heavy atom. The molecule has 8 heteroatoms. The Labute approximate surface area is 155 Å². The SMILES string of the molecule is O=C(O)c1c(F)c(Cl)cc2c1OCCN2CCc1ccc(F)cc1.S. The highest BCUT2D eigenvalue weighted by Crippen LogP contribution is 2.40. The van der Waals surface area contributed by atoms with Crippen LogP contribution in [0.2, 0.25) is 5.02 Å². The fourth-order valence-corrected chi connectivity index (χ4v) is 2.89. The van der Waals surface area contributed by atoms with Gasteiger partial charge in [-0.25, -0.2) is 13.6 Å². The number of hydrogen-bond acceptors (Lipinski definition) is 3. The van der Waals surface area contributed by atoms with Gasteiger partial charge < -0.3 is 14.7 Å². The summed E-state index contributed by atoms with van der Waals surface area (Å²) in [6.07, 6.45) is 0.622. The third kappa shape index (κ3) is 3.99. The fraction of sp³-hybridized carbons (Fsp3) is 0.235. The molecule has 2 aromatic carbocycles. The molecule has 0 amide bonds. The zero-order valence-electron chi connectivity index (χ0n) is 13.1. The Bertz CT molecular complexity index is 786. The third-order valence-corrected chi connectivity index (χ3v) is 4.17. The van der Waals surface area contributed by atoms with Gasteiger partial charge in [-0.05, 0) is 30.2 Å². The summed E-state index contributed by atoms with van der Waals surface area (Å²) in [5.74, 6) is -2.73. The molecule has 1 N–H and O–H groups in total. The number of carboxylic acids is 1. The lowest BCUT2D eigenvalue weighted by Gasteiger charge is -2.32. The van der Waals surface area contributed by atoms with E-state index in [9.17, 15) is 18.7 Å². The van der Waals surface area contributed by atoms with Crippen LogP contribution in [-0.2, 0) is 6.42 Å². The van der Waals surface area contributed by atoms with Gasteiger partial charge in [0.05, 0.1) is 17.3 Å². The Morgan fingerprint density at radius 3 is 2.60 bits per heavy atom. The average Bonchev–Trinajstić information content (AvgIpc) is 2.55. The van der Waals surface area contributed by atoms with E-state index in [0.29, 0.717) is 25.2 Å². The van der Waals surface area contributed by atoms with Crippen molar-refractivity contribution in [3.05, 3.63) is 58.1 Å². The van der Waals surface area contributed by atoms with E-state index in [2.05, 4.69) is 0 Å². The van der Waals surface area contributed by atoms with E-state index in [-0.39, 0.29) is 36.7 Å². The molecule has 4 nitrogen and oxygen atoms in total. The van der Waals surface area contributed by atoms with E-state index in [1.165, 1.54) is 18.2 Å². The van der Waals surface area contributed by atoms with Gasteiger partial charge in [-0.15, -0.1) is 0 Å². The summed E-state index contributed by atoms with van der Waals surface area (Å²) in [4.78, 5) is 13.2. The van der Waals surface area contributed by atoms with Gasteiger partial charge >= 0.3 is 5.97 Å². The van der Waals surface area contributed by atoms with Crippen LogP contribution in [-0.4, -0.2) is 30.8 Å². The van der Waals surface area contributed by atoms with Gasteiger partial charge in [0.15, 0.2) is 11.6 Å². The number of rotatable bonds is 4. The minimum Gasteiger partial charge on any atom is -0.489 e. The highest BCUT2D eigenvalue weighted by Gasteiger charge is 2.29. The number of nitrogens with zero attached hydrogens (tertiary/aromatic N) is 1. The molecular weight excluding hydrogens is 372 g/mol. The van der Waals surface area contributed by atoms with Crippen molar-refractivity contribution in [3.63, 3.8) is 0 Å². The number of benzene rings is 2. The second-order valence-electron chi connectivity index (χ2n) is 5.41. The number of anilines is 1. The number of ether oxygens (including phenoxy) is 1. The standard InChI is InChI=1S/C17H14ClF2NO3.H2S/c18-12-9-13-16(14(15(12)20)17(22)23)24-8-7-21(13)6-5-10-1-3-11(19)4-2-10;/h1-4,9H,5-8H2,(H,22,23);1H2. The van der Waals surface area contributed by atoms with Gasteiger partial charge in [0, 0.05) is 6.54 Å². The maximum Gasteiger partial charge on any atom is 0.342 e. The van der Waals surface area contributed by atoms with Crippen LogP contribution in [0.4, 0.5) is 14.5 Å². The predicted molar refractivity (Wildman–Crippen MR) is 96.6 cm³/mol. The lowest BCUT2D eigenvalue weighted by molar-refractivity contribution is 0.0686. The molecule has 0 bridgehead atoms. The number of fused-ring (bicyclic) bond motifs is 1. The highest BCUT2D eigenvalue weighted by molar-refractivity contribution is 7.59. The van der Waals surface area contributed by atoms with Gasteiger partial charge in [0.1, 0.15) is 18.0 Å². The first-order valence-electron chi connectivity index (χ1n) is 7.35. The molecule has 0 aromatic heterocycles. The Kier molecular flexibility index (Phi) is 6.13. The van der Waals surface area contributed by atoms with E-state index in [0.717, 1.165) is 5.56 Å². The first-order chi connectivity index (χ1) is 11.5. The average molecular weight is 388 g/mol. The van der Waals surface area contributed by atoms with Crippen molar-refractivity contribution in [1.29, 1.82) is 0 Å². The normalized spacial score (nSPS) is 12.8. The van der Waals surface area contributed by atoms with Crippen LogP contribution in [0.1, 0.15) is 15.9 Å². The second kappa shape index (κ2) is 7.93. The Morgan fingerprint density at radius 1 is 1.28 bits per heavy atom. The zero-order valence-corrected chi connectivity index (χ0v) is 14.8. The van der Waals surface area contributed by atoms with E-state index in [4.69, 9.17) is 16.3 Å². The van der Waals surface area contributed by atoms with E-state index >= 15 is 0 Å². The maximum atomic E-state index is 14.0. The van der Waals surface area contributed by atoms with Crippen molar-refractivity contribution in [2.45, 2.75) is 6.42 Å². The van der Waals surface area contributed by atoms with Gasteiger partial charge in [0.25, 0.3) is 0 Å². The summed E-state index contributed by atoms with van der Waals surface area (Å²) < 4.78 is 32.3. The van der Waals surface area contributed by atoms with Gasteiger partial charge in [0.2, 0.25) is 0 Å². The number of aromatic carboxylic acids is 1. The first-order valence-corrected chi connectivity index (χ1v) is 7.72. The monoisotopic (exact) mass is 387 g/mol. The lowest BCUT2D eigenvalue weighted by Crippen LogP contribution is -2.35. The molecule has 0 radical (unpaired) electrons. The lowest BCUT2D eigenvalue weighted by atomic mass is 10.1. The largest absolute Gasteiger partial charge is 0.489 e. The Balaban J connectivity index is 0.00000225. The molecule has 3 rings (SSSR count). The van der Waals surface area contributed by atoms with E-state index in [1.807, 2.05) is 4.90 Å². The van der Waals surface area contributed by atoms with E-state index in [1.54, 1.807) is 12.1 Å². The maximum absolute atomic E-state index is 14.0. The quantitative estimate of drug-likeness (QED) is 0.865. The van der Waals surface area contributed by atoms with Crippen molar-refractivity contribution < 1.29 is 23.4 Å². The molecule has 1 aliphatic rings. The number of carbonyl (C=O) groups is 1. The van der Waals surface area contributed by atoms with Gasteiger partial charge in [-0.3, -0.25) is 0 Å². The van der Waals surface area contributed by atoms with Crippen molar-refractivity contribution in [2.75, 3.05) is 24.6 Å². The summed E-state index contributed by atoms with van der Waals surface area (Å²) in [7, 11) is 0. The number of carboxylic acid groups (broad SMARTS) is 1. The molecule has 25 heavy (non-hydrogen) atoms. The fourth-order valence-electron chi connectivity index (χ4n) is 2.69. The van der Waals surface area contributed by atoms with Crippen LogP contribution in [0, 0.1) is 11.6 Å². The molecule has 0 unspecified atom stereocenters.